The molecule has 0 saturated carbocycles. The van der Waals surface area contributed by atoms with E-state index in [0.717, 1.165) is 23.3 Å². The van der Waals surface area contributed by atoms with E-state index in [2.05, 4.69) is 39.0 Å². The molecular weight excluding hydrogens is 526 g/mol. The molecule has 7 heteroatoms. The number of nitrogens with zero attached hydrogens (tertiary/aromatic N) is 1. The lowest BCUT2D eigenvalue weighted by atomic mass is 10.0. The van der Waals surface area contributed by atoms with Gasteiger partial charge in [-0.3, -0.25) is 9.69 Å². The summed E-state index contributed by atoms with van der Waals surface area (Å²) in [5.41, 5.74) is 4.30. The Morgan fingerprint density at radius 1 is 0.923 bits per heavy atom. The second-order valence-electron chi connectivity index (χ2n) is 9.64. The molecule has 0 unspecified atom stereocenters. The Morgan fingerprint density at radius 2 is 1.67 bits per heavy atom. The number of amides is 1. The van der Waals surface area contributed by atoms with Gasteiger partial charge >= 0.3 is 0 Å². The van der Waals surface area contributed by atoms with Crippen molar-refractivity contribution in [2.45, 2.75) is 46.6 Å². The van der Waals surface area contributed by atoms with Gasteiger partial charge in [-0.15, -0.1) is 0 Å². The molecule has 1 heterocycles. The van der Waals surface area contributed by atoms with Gasteiger partial charge in [0.15, 0.2) is 11.5 Å². The standard InChI is InChI=1S/C32H35NO4S2/c1-5-35-29-19-25(20-30-31(34)33(32(38)39-30)21-24-10-7-6-8-11-24)13-15-27(29)36-16-9-17-37-28-18-23(4)12-14-26(28)22(2)3/h6-8,10-15,18-20,22H,5,9,16-17,21H2,1-4H3/b30-20+. The van der Waals surface area contributed by atoms with Gasteiger partial charge in [0, 0.05) is 6.42 Å². The Hall–Kier alpha value is -3.29. The molecule has 0 N–H and O–H groups in total. The second-order valence-corrected chi connectivity index (χ2v) is 11.3. The molecule has 5 nitrogen and oxygen atoms in total. The Labute approximate surface area is 241 Å². The summed E-state index contributed by atoms with van der Waals surface area (Å²) in [6, 6.07) is 21.9. The van der Waals surface area contributed by atoms with Crippen molar-refractivity contribution in [2.24, 2.45) is 0 Å². The number of thioether (sulfide) groups is 1. The molecule has 4 rings (SSSR count). The van der Waals surface area contributed by atoms with Crippen LogP contribution in [0.5, 0.6) is 17.2 Å². The molecule has 1 amide bonds. The summed E-state index contributed by atoms with van der Waals surface area (Å²) in [6.07, 6.45) is 2.60. The van der Waals surface area contributed by atoms with Gasteiger partial charge < -0.3 is 14.2 Å². The van der Waals surface area contributed by atoms with Crippen LogP contribution in [0.2, 0.25) is 0 Å². The fourth-order valence-electron chi connectivity index (χ4n) is 4.22. The normalized spacial score (nSPS) is 14.4. The van der Waals surface area contributed by atoms with Crippen molar-refractivity contribution in [1.82, 2.24) is 4.90 Å². The minimum atomic E-state index is -0.0821. The van der Waals surface area contributed by atoms with Crippen LogP contribution in [-0.4, -0.2) is 34.9 Å². The SMILES string of the molecule is CCOc1cc(/C=C2/SC(=S)N(Cc3ccccc3)C2=O)ccc1OCCCOc1cc(C)ccc1C(C)C. The van der Waals surface area contributed by atoms with Crippen molar-refractivity contribution in [3.8, 4) is 17.2 Å². The van der Waals surface area contributed by atoms with Crippen LogP contribution >= 0.6 is 24.0 Å². The van der Waals surface area contributed by atoms with Crippen molar-refractivity contribution >= 4 is 40.3 Å². The lowest BCUT2D eigenvalue weighted by molar-refractivity contribution is -0.122. The summed E-state index contributed by atoms with van der Waals surface area (Å²) in [5.74, 6) is 2.58. The molecule has 3 aromatic carbocycles. The maximum absolute atomic E-state index is 13.1. The van der Waals surface area contributed by atoms with E-state index >= 15 is 0 Å². The maximum Gasteiger partial charge on any atom is 0.266 e. The molecule has 0 radical (unpaired) electrons. The molecule has 204 valence electrons. The number of thiocarbonyl (C=S) groups is 1. The van der Waals surface area contributed by atoms with Crippen molar-refractivity contribution in [1.29, 1.82) is 0 Å². The summed E-state index contributed by atoms with van der Waals surface area (Å²) < 4.78 is 18.6. The largest absolute Gasteiger partial charge is 0.493 e. The van der Waals surface area contributed by atoms with E-state index in [1.807, 2.05) is 61.5 Å². The number of hydrogen-bond acceptors (Lipinski definition) is 6. The Kier molecular flexibility index (Phi) is 10.1. The first-order chi connectivity index (χ1) is 18.9. The molecule has 1 fully saturated rings. The second kappa shape index (κ2) is 13.7. The van der Waals surface area contributed by atoms with Gasteiger partial charge in [-0.25, -0.2) is 0 Å². The van der Waals surface area contributed by atoms with E-state index in [1.165, 1.54) is 22.9 Å². The zero-order chi connectivity index (χ0) is 27.8. The quantitative estimate of drug-likeness (QED) is 0.128. The van der Waals surface area contributed by atoms with Crippen LogP contribution in [0.1, 0.15) is 55.4 Å². The molecule has 0 aromatic heterocycles. The van der Waals surface area contributed by atoms with Crippen molar-refractivity contribution in [3.63, 3.8) is 0 Å². The van der Waals surface area contributed by atoms with E-state index in [1.54, 1.807) is 4.90 Å². The highest BCUT2D eigenvalue weighted by Gasteiger charge is 2.32. The van der Waals surface area contributed by atoms with Gasteiger partial charge in [0.25, 0.3) is 5.91 Å². The first-order valence-corrected chi connectivity index (χ1v) is 14.5. The van der Waals surface area contributed by atoms with E-state index in [0.29, 0.717) is 53.0 Å². The molecule has 3 aromatic rings. The maximum atomic E-state index is 13.1. The number of hydrogen-bond donors (Lipinski definition) is 0. The third-order valence-corrected chi connectivity index (χ3v) is 7.60. The van der Waals surface area contributed by atoms with Crippen LogP contribution in [0, 0.1) is 6.92 Å². The average Bonchev–Trinajstić information content (AvgIpc) is 3.17. The van der Waals surface area contributed by atoms with Gasteiger partial charge in [0.2, 0.25) is 0 Å². The monoisotopic (exact) mass is 561 g/mol. The van der Waals surface area contributed by atoms with Gasteiger partial charge in [0.05, 0.1) is 31.3 Å². The van der Waals surface area contributed by atoms with E-state index in [-0.39, 0.29) is 5.91 Å². The van der Waals surface area contributed by atoms with Gasteiger partial charge in [0.1, 0.15) is 10.1 Å². The van der Waals surface area contributed by atoms with Crippen LogP contribution in [0.25, 0.3) is 6.08 Å². The summed E-state index contributed by atoms with van der Waals surface area (Å²) in [4.78, 5) is 15.3. The number of rotatable bonds is 12. The lowest BCUT2D eigenvalue weighted by Crippen LogP contribution is -2.27. The number of carbonyl (C=O) groups is 1. The summed E-state index contributed by atoms with van der Waals surface area (Å²) in [6.45, 7) is 10.4. The van der Waals surface area contributed by atoms with Crippen LogP contribution in [0.4, 0.5) is 0 Å². The minimum Gasteiger partial charge on any atom is -0.493 e. The first-order valence-electron chi connectivity index (χ1n) is 13.3. The molecule has 1 saturated heterocycles. The third kappa shape index (κ3) is 7.64. The summed E-state index contributed by atoms with van der Waals surface area (Å²) in [5, 5.41) is 0. The Morgan fingerprint density at radius 3 is 2.38 bits per heavy atom. The third-order valence-electron chi connectivity index (χ3n) is 6.22. The first kappa shape index (κ1) is 28.7. The summed E-state index contributed by atoms with van der Waals surface area (Å²) in [7, 11) is 0. The Balaban J connectivity index is 1.36. The Bertz CT molecular complexity index is 1340. The zero-order valence-corrected chi connectivity index (χ0v) is 24.6. The van der Waals surface area contributed by atoms with Crippen molar-refractivity contribution in [2.75, 3.05) is 19.8 Å². The smallest absolute Gasteiger partial charge is 0.266 e. The molecule has 1 aliphatic heterocycles. The number of benzene rings is 3. The molecule has 39 heavy (non-hydrogen) atoms. The average molecular weight is 562 g/mol. The van der Waals surface area contributed by atoms with E-state index < -0.39 is 0 Å². The summed E-state index contributed by atoms with van der Waals surface area (Å²) >= 11 is 6.82. The topological polar surface area (TPSA) is 48.0 Å². The molecule has 0 aliphatic carbocycles. The fraction of sp³-hybridized carbons (Fsp3) is 0.312. The number of aryl methyl sites for hydroxylation is 1. The highest BCUT2D eigenvalue weighted by molar-refractivity contribution is 8.26. The highest BCUT2D eigenvalue weighted by atomic mass is 32.2. The van der Waals surface area contributed by atoms with Gasteiger partial charge in [-0.05, 0) is 66.3 Å². The van der Waals surface area contributed by atoms with Crippen molar-refractivity contribution < 1.29 is 19.0 Å². The van der Waals surface area contributed by atoms with Gasteiger partial charge in [-0.2, -0.15) is 0 Å². The van der Waals surface area contributed by atoms with Gasteiger partial charge in [-0.1, -0.05) is 86.4 Å². The van der Waals surface area contributed by atoms with E-state index in [9.17, 15) is 4.79 Å². The molecule has 0 spiro atoms. The highest BCUT2D eigenvalue weighted by Crippen LogP contribution is 2.36. The minimum absolute atomic E-state index is 0.0821. The van der Waals surface area contributed by atoms with Crippen LogP contribution in [0.15, 0.2) is 71.6 Å². The van der Waals surface area contributed by atoms with Crippen LogP contribution in [0.3, 0.4) is 0 Å². The number of carbonyl (C=O) groups excluding carboxylic acids is 1. The fourth-order valence-corrected chi connectivity index (χ4v) is 5.48. The lowest BCUT2D eigenvalue weighted by Gasteiger charge is -2.16. The zero-order valence-electron chi connectivity index (χ0n) is 22.9. The van der Waals surface area contributed by atoms with Crippen LogP contribution in [-0.2, 0) is 11.3 Å². The molecule has 1 aliphatic rings. The molecule has 0 atom stereocenters. The van der Waals surface area contributed by atoms with E-state index in [4.69, 9.17) is 26.4 Å². The predicted molar refractivity (Wildman–Crippen MR) is 164 cm³/mol. The van der Waals surface area contributed by atoms with Crippen molar-refractivity contribution in [3.05, 3.63) is 93.9 Å². The molecular formula is C32H35NO4S2. The number of ether oxygens (including phenoxy) is 3. The predicted octanol–water partition coefficient (Wildman–Crippen LogP) is 7.77. The van der Waals surface area contributed by atoms with Crippen LogP contribution < -0.4 is 14.2 Å². The molecule has 0 bridgehead atoms.